The van der Waals surface area contributed by atoms with Gasteiger partial charge in [-0.25, -0.2) is 4.79 Å². The minimum absolute atomic E-state index is 0. The molecule has 1 unspecified atom stereocenters. The summed E-state index contributed by atoms with van der Waals surface area (Å²) in [6, 6.07) is 6.98. The van der Waals surface area contributed by atoms with Crippen molar-refractivity contribution in [2.75, 3.05) is 33.2 Å². The molecular formula is C17H25ClIN5O3. The Morgan fingerprint density at radius 3 is 2.70 bits per heavy atom. The van der Waals surface area contributed by atoms with Crippen molar-refractivity contribution in [1.82, 2.24) is 20.9 Å². The van der Waals surface area contributed by atoms with Crippen molar-refractivity contribution in [2.24, 2.45) is 4.99 Å². The number of para-hydroxylation sites is 1. The number of carbonyl (C=O) groups excluding carboxylic acids is 2. The third kappa shape index (κ3) is 7.06. The maximum atomic E-state index is 11.5. The number of nitrogens with zero attached hydrogens (tertiary/aromatic N) is 2. The summed E-state index contributed by atoms with van der Waals surface area (Å²) in [5.74, 6) is 0.988. The number of hydrogen-bond donors (Lipinski definition) is 3. The van der Waals surface area contributed by atoms with Gasteiger partial charge in [0.2, 0.25) is 5.91 Å². The van der Waals surface area contributed by atoms with Crippen LogP contribution in [0.1, 0.15) is 13.3 Å². The summed E-state index contributed by atoms with van der Waals surface area (Å²) >= 11 is 6.12. The Hall–Kier alpha value is -1.75. The van der Waals surface area contributed by atoms with Gasteiger partial charge < -0.3 is 20.7 Å². The van der Waals surface area contributed by atoms with Crippen LogP contribution in [0.3, 0.4) is 0 Å². The molecule has 1 aliphatic rings. The molecule has 1 aliphatic heterocycles. The van der Waals surface area contributed by atoms with Crippen LogP contribution in [-0.4, -0.2) is 62.1 Å². The van der Waals surface area contributed by atoms with Crippen LogP contribution in [0.2, 0.25) is 5.02 Å². The number of nitrogens with one attached hydrogen (secondary N) is 3. The number of aliphatic imine (C=N–C) groups is 1. The van der Waals surface area contributed by atoms with Crippen LogP contribution in [0.4, 0.5) is 4.79 Å². The van der Waals surface area contributed by atoms with E-state index in [9.17, 15) is 9.59 Å². The predicted octanol–water partition coefficient (Wildman–Crippen LogP) is 1.83. The number of guanidine groups is 1. The summed E-state index contributed by atoms with van der Waals surface area (Å²) in [5.41, 5.74) is 0. The van der Waals surface area contributed by atoms with Gasteiger partial charge in [0.1, 0.15) is 11.9 Å². The Bertz CT molecular complexity index is 658. The molecule has 1 heterocycles. The molecule has 8 nitrogen and oxygen atoms in total. The van der Waals surface area contributed by atoms with Crippen molar-refractivity contribution in [1.29, 1.82) is 0 Å². The van der Waals surface area contributed by atoms with Crippen molar-refractivity contribution in [3.8, 4) is 5.75 Å². The maximum absolute atomic E-state index is 11.5. The minimum atomic E-state index is -0.362. The number of amides is 3. The van der Waals surface area contributed by atoms with Gasteiger partial charge >= 0.3 is 6.03 Å². The van der Waals surface area contributed by atoms with Gasteiger partial charge in [-0.05, 0) is 18.6 Å². The summed E-state index contributed by atoms with van der Waals surface area (Å²) in [5, 5.41) is 9.30. The fourth-order valence-corrected chi connectivity index (χ4v) is 2.57. The van der Waals surface area contributed by atoms with Crippen molar-refractivity contribution in [2.45, 2.75) is 19.4 Å². The number of carbonyl (C=O) groups is 2. The maximum Gasteiger partial charge on any atom is 0.324 e. The molecule has 0 saturated carbocycles. The third-order valence-corrected chi connectivity index (χ3v) is 4.18. The van der Waals surface area contributed by atoms with Crippen molar-refractivity contribution in [3.63, 3.8) is 0 Å². The zero-order valence-corrected chi connectivity index (χ0v) is 18.4. The van der Waals surface area contributed by atoms with E-state index < -0.39 is 0 Å². The van der Waals surface area contributed by atoms with E-state index in [1.54, 1.807) is 13.1 Å². The molecule has 27 heavy (non-hydrogen) atoms. The molecule has 0 radical (unpaired) electrons. The van der Waals surface area contributed by atoms with E-state index in [4.69, 9.17) is 16.3 Å². The van der Waals surface area contributed by atoms with Gasteiger partial charge in [-0.2, -0.15) is 0 Å². The lowest BCUT2D eigenvalue weighted by molar-refractivity contribution is -0.124. The van der Waals surface area contributed by atoms with Gasteiger partial charge in [-0.3, -0.25) is 14.7 Å². The van der Waals surface area contributed by atoms with Gasteiger partial charge in [0.15, 0.2) is 5.96 Å². The Kier molecular flexibility index (Phi) is 10.2. The highest BCUT2D eigenvalue weighted by Gasteiger charge is 2.27. The van der Waals surface area contributed by atoms with Crippen molar-refractivity contribution >= 4 is 53.5 Å². The smallest absolute Gasteiger partial charge is 0.324 e. The highest BCUT2D eigenvalue weighted by Crippen LogP contribution is 2.24. The molecule has 3 N–H and O–H groups in total. The highest BCUT2D eigenvalue weighted by atomic mass is 127. The number of benzene rings is 1. The second-order valence-corrected chi connectivity index (χ2v) is 6.07. The summed E-state index contributed by atoms with van der Waals surface area (Å²) in [4.78, 5) is 28.3. The number of ether oxygens (including phenoxy) is 1. The Labute approximate surface area is 181 Å². The van der Waals surface area contributed by atoms with Crippen LogP contribution in [0.25, 0.3) is 0 Å². The average molecular weight is 510 g/mol. The van der Waals surface area contributed by atoms with Crippen LogP contribution >= 0.6 is 35.6 Å². The Balaban J connectivity index is 0.00000364. The van der Waals surface area contributed by atoms with E-state index >= 15 is 0 Å². The van der Waals surface area contributed by atoms with E-state index in [0.717, 1.165) is 6.42 Å². The number of rotatable bonds is 8. The number of halogens is 2. The number of hydrogen-bond acceptors (Lipinski definition) is 4. The fraction of sp³-hybridized carbons (Fsp3) is 0.471. The molecule has 0 spiro atoms. The second kappa shape index (κ2) is 11.9. The van der Waals surface area contributed by atoms with Gasteiger partial charge in [-0.1, -0.05) is 30.7 Å². The summed E-state index contributed by atoms with van der Waals surface area (Å²) in [6.07, 6.45) is 0.705. The Morgan fingerprint density at radius 2 is 2.11 bits per heavy atom. The Morgan fingerprint density at radius 1 is 1.37 bits per heavy atom. The first-order valence-electron chi connectivity index (χ1n) is 8.49. The van der Waals surface area contributed by atoms with Crippen molar-refractivity contribution < 1.29 is 14.3 Å². The minimum Gasteiger partial charge on any atom is -0.487 e. The van der Waals surface area contributed by atoms with Crippen LogP contribution in [0, 0.1) is 0 Å². The van der Waals surface area contributed by atoms with E-state index in [2.05, 4.69) is 20.9 Å². The molecule has 0 bridgehead atoms. The van der Waals surface area contributed by atoms with Crippen LogP contribution < -0.4 is 20.7 Å². The van der Waals surface area contributed by atoms with E-state index in [-0.39, 0.29) is 55.1 Å². The zero-order valence-electron chi connectivity index (χ0n) is 15.3. The highest BCUT2D eigenvalue weighted by molar-refractivity contribution is 14.0. The molecule has 1 saturated heterocycles. The normalized spacial score (nSPS) is 15.1. The second-order valence-electron chi connectivity index (χ2n) is 5.66. The molecule has 1 aromatic rings. The fourth-order valence-electron chi connectivity index (χ4n) is 2.39. The lowest BCUT2D eigenvalue weighted by atomic mass is 10.2. The molecule has 1 atom stereocenters. The molecule has 10 heteroatoms. The lowest BCUT2D eigenvalue weighted by Crippen LogP contribution is -2.45. The number of imide groups is 1. The number of urea groups is 1. The van der Waals surface area contributed by atoms with E-state index in [1.807, 2.05) is 25.1 Å². The van der Waals surface area contributed by atoms with Gasteiger partial charge in [0.25, 0.3) is 0 Å². The SMILES string of the molecule is CCC(CNC(=NC)NCCN1C(=O)CNC1=O)Oc1ccccc1Cl.I. The molecule has 3 amide bonds. The molecular weight excluding hydrogens is 485 g/mol. The van der Waals surface area contributed by atoms with Crippen LogP contribution in [0.5, 0.6) is 5.75 Å². The first kappa shape index (κ1) is 23.3. The average Bonchev–Trinajstić information content (AvgIpc) is 2.96. The van der Waals surface area contributed by atoms with Gasteiger partial charge in [0, 0.05) is 20.1 Å². The van der Waals surface area contributed by atoms with Gasteiger partial charge in [-0.15, -0.1) is 24.0 Å². The molecule has 2 rings (SSSR count). The van der Waals surface area contributed by atoms with Gasteiger partial charge in [0.05, 0.1) is 18.1 Å². The van der Waals surface area contributed by atoms with E-state index in [1.165, 1.54) is 4.90 Å². The third-order valence-electron chi connectivity index (χ3n) is 3.87. The van der Waals surface area contributed by atoms with E-state index in [0.29, 0.717) is 29.8 Å². The summed E-state index contributed by atoms with van der Waals surface area (Å²) < 4.78 is 5.92. The first-order chi connectivity index (χ1) is 12.5. The first-order valence-corrected chi connectivity index (χ1v) is 8.86. The molecule has 0 aromatic heterocycles. The lowest BCUT2D eigenvalue weighted by Gasteiger charge is -2.21. The van der Waals surface area contributed by atoms with Crippen LogP contribution in [-0.2, 0) is 4.79 Å². The molecule has 1 fully saturated rings. The molecule has 0 aliphatic carbocycles. The molecule has 150 valence electrons. The molecule has 1 aromatic carbocycles. The van der Waals surface area contributed by atoms with Crippen LogP contribution in [0.15, 0.2) is 29.3 Å². The summed E-state index contributed by atoms with van der Waals surface area (Å²) in [6.45, 7) is 3.30. The quantitative estimate of drug-likeness (QED) is 0.215. The standard InChI is InChI=1S/C17H24ClN5O3.HI/c1-3-12(26-14-7-5-4-6-13(14)18)10-21-16(19-2)20-8-9-23-15(24)11-22-17(23)25;/h4-7,12H,3,8-11H2,1-2H3,(H,22,25)(H2,19,20,21);1H. The monoisotopic (exact) mass is 509 g/mol. The topological polar surface area (TPSA) is 95.1 Å². The van der Waals surface area contributed by atoms with Crippen molar-refractivity contribution in [3.05, 3.63) is 29.3 Å². The predicted molar refractivity (Wildman–Crippen MR) is 116 cm³/mol. The zero-order chi connectivity index (χ0) is 18.9. The largest absolute Gasteiger partial charge is 0.487 e. The summed E-state index contributed by atoms with van der Waals surface area (Å²) in [7, 11) is 1.65.